The van der Waals surface area contributed by atoms with Crippen molar-refractivity contribution < 1.29 is 18.4 Å². The minimum absolute atomic E-state index is 0.244. The Balaban J connectivity index is 3.01. The number of benzene rings is 1. The molecule has 0 radical (unpaired) electrons. The Morgan fingerprint density at radius 2 is 1.70 bits per heavy atom. The molecule has 0 saturated carbocycles. The highest BCUT2D eigenvalue weighted by Gasteiger charge is 2.40. The first kappa shape index (κ1) is 19.1. The van der Waals surface area contributed by atoms with E-state index in [1.807, 2.05) is 20.8 Å². The van der Waals surface area contributed by atoms with E-state index in [2.05, 4.69) is 5.32 Å². The quantitative estimate of drug-likeness (QED) is 0.842. The molecule has 3 N–H and O–H groups in total. The van der Waals surface area contributed by atoms with Crippen LogP contribution in [0.25, 0.3) is 0 Å². The minimum atomic E-state index is -0.721. The molecule has 2 unspecified atom stereocenters. The van der Waals surface area contributed by atoms with Gasteiger partial charge in [0, 0.05) is 13.1 Å². The van der Waals surface area contributed by atoms with Crippen LogP contribution in [0, 0.1) is 28.9 Å². The van der Waals surface area contributed by atoms with Crippen molar-refractivity contribution in [2.45, 2.75) is 33.6 Å². The molecule has 6 heteroatoms. The van der Waals surface area contributed by atoms with Gasteiger partial charge in [-0.05, 0) is 36.0 Å². The second-order valence-electron chi connectivity index (χ2n) is 6.78. The SMILES string of the molecule is CNC(=O)C(C(CCc1cc(F)cc(F)c1)C(N)=O)C(C)(C)C. The average Bonchev–Trinajstić information content (AvgIpc) is 2.39. The fraction of sp³-hybridized carbons (Fsp3) is 0.529. The number of rotatable bonds is 6. The van der Waals surface area contributed by atoms with Gasteiger partial charge in [0.1, 0.15) is 11.6 Å². The molecule has 0 aromatic heterocycles. The van der Waals surface area contributed by atoms with Gasteiger partial charge in [-0.1, -0.05) is 20.8 Å². The molecule has 0 aliphatic heterocycles. The zero-order valence-electron chi connectivity index (χ0n) is 14.0. The van der Waals surface area contributed by atoms with E-state index < -0.39 is 34.8 Å². The Hall–Kier alpha value is -1.98. The number of aryl methyl sites for hydroxylation is 1. The number of carbonyl (C=O) groups is 2. The summed E-state index contributed by atoms with van der Waals surface area (Å²) in [6.45, 7) is 5.56. The Kier molecular flexibility index (Phi) is 6.24. The van der Waals surface area contributed by atoms with Gasteiger partial charge in [-0.15, -0.1) is 0 Å². The second kappa shape index (κ2) is 7.53. The molecule has 23 heavy (non-hydrogen) atoms. The summed E-state index contributed by atoms with van der Waals surface area (Å²) in [6, 6.07) is 3.22. The zero-order chi connectivity index (χ0) is 17.8. The van der Waals surface area contributed by atoms with E-state index in [1.165, 1.54) is 19.2 Å². The van der Waals surface area contributed by atoms with Crippen molar-refractivity contribution >= 4 is 11.8 Å². The van der Waals surface area contributed by atoms with Gasteiger partial charge < -0.3 is 11.1 Å². The summed E-state index contributed by atoms with van der Waals surface area (Å²) in [4.78, 5) is 24.0. The summed E-state index contributed by atoms with van der Waals surface area (Å²) in [6.07, 6.45) is 0.499. The summed E-state index contributed by atoms with van der Waals surface area (Å²) >= 11 is 0. The van der Waals surface area contributed by atoms with Gasteiger partial charge in [0.2, 0.25) is 11.8 Å². The maximum atomic E-state index is 13.2. The van der Waals surface area contributed by atoms with Crippen molar-refractivity contribution in [3.05, 3.63) is 35.4 Å². The van der Waals surface area contributed by atoms with Gasteiger partial charge in [0.25, 0.3) is 0 Å². The van der Waals surface area contributed by atoms with Crippen LogP contribution in [-0.2, 0) is 16.0 Å². The van der Waals surface area contributed by atoms with Crippen molar-refractivity contribution in [1.82, 2.24) is 5.32 Å². The molecule has 1 aromatic rings. The zero-order valence-corrected chi connectivity index (χ0v) is 14.0. The summed E-state index contributed by atoms with van der Waals surface area (Å²) in [7, 11) is 1.50. The Bertz CT molecular complexity index is 562. The largest absolute Gasteiger partial charge is 0.369 e. The van der Waals surface area contributed by atoms with E-state index in [0.29, 0.717) is 5.56 Å². The number of hydrogen-bond acceptors (Lipinski definition) is 2. The Morgan fingerprint density at radius 1 is 1.17 bits per heavy atom. The molecular formula is C17H24F2N2O2. The van der Waals surface area contributed by atoms with E-state index in [9.17, 15) is 18.4 Å². The van der Waals surface area contributed by atoms with Gasteiger partial charge in [-0.25, -0.2) is 8.78 Å². The first-order valence-electron chi connectivity index (χ1n) is 7.52. The molecule has 2 amide bonds. The highest BCUT2D eigenvalue weighted by molar-refractivity contribution is 5.87. The predicted octanol–water partition coefficient (Wildman–Crippen LogP) is 2.41. The third kappa shape index (κ3) is 5.30. The van der Waals surface area contributed by atoms with Crippen LogP contribution in [0.5, 0.6) is 0 Å². The third-order valence-corrected chi connectivity index (χ3v) is 3.90. The summed E-state index contributed by atoms with van der Waals surface area (Å²) in [5.41, 5.74) is 5.43. The van der Waals surface area contributed by atoms with E-state index in [-0.39, 0.29) is 18.7 Å². The fourth-order valence-corrected chi connectivity index (χ4v) is 2.89. The second-order valence-corrected chi connectivity index (χ2v) is 6.78. The van der Waals surface area contributed by atoms with Crippen LogP contribution < -0.4 is 11.1 Å². The van der Waals surface area contributed by atoms with Crippen molar-refractivity contribution in [3.8, 4) is 0 Å². The number of amides is 2. The molecule has 0 bridgehead atoms. The number of nitrogens with one attached hydrogen (secondary N) is 1. The normalized spacial score (nSPS) is 14.2. The third-order valence-electron chi connectivity index (χ3n) is 3.90. The van der Waals surface area contributed by atoms with Crippen molar-refractivity contribution in [2.75, 3.05) is 7.05 Å². The number of hydrogen-bond donors (Lipinski definition) is 2. The fourth-order valence-electron chi connectivity index (χ4n) is 2.89. The van der Waals surface area contributed by atoms with Gasteiger partial charge in [0.15, 0.2) is 0 Å². The standard InChI is InChI=1S/C17H24F2N2O2/c1-17(2,3)14(16(23)21-4)13(15(20)22)6-5-10-7-11(18)9-12(19)8-10/h7-9,13-14H,5-6H2,1-4H3,(H2,20,22)(H,21,23). The van der Waals surface area contributed by atoms with Crippen LogP contribution in [0.3, 0.4) is 0 Å². The smallest absolute Gasteiger partial charge is 0.224 e. The van der Waals surface area contributed by atoms with E-state index in [1.54, 1.807) is 0 Å². The number of nitrogens with two attached hydrogens (primary N) is 1. The molecule has 0 saturated heterocycles. The lowest BCUT2D eigenvalue weighted by atomic mass is 9.70. The van der Waals surface area contributed by atoms with Gasteiger partial charge in [-0.2, -0.15) is 0 Å². The van der Waals surface area contributed by atoms with Crippen molar-refractivity contribution in [2.24, 2.45) is 23.0 Å². The number of carbonyl (C=O) groups excluding carboxylic acids is 2. The molecule has 0 fully saturated rings. The van der Waals surface area contributed by atoms with Gasteiger partial charge >= 0.3 is 0 Å². The number of primary amides is 1. The summed E-state index contributed by atoms with van der Waals surface area (Å²) < 4.78 is 26.5. The maximum absolute atomic E-state index is 13.2. The average molecular weight is 326 g/mol. The molecule has 1 aromatic carbocycles. The van der Waals surface area contributed by atoms with E-state index in [4.69, 9.17) is 5.73 Å². The summed E-state index contributed by atoms with van der Waals surface area (Å²) in [5.74, 6) is -3.55. The van der Waals surface area contributed by atoms with Gasteiger partial charge in [-0.3, -0.25) is 9.59 Å². The van der Waals surface area contributed by atoms with E-state index >= 15 is 0 Å². The van der Waals surface area contributed by atoms with Crippen molar-refractivity contribution in [3.63, 3.8) is 0 Å². The topological polar surface area (TPSA) is 72.2 Å². The molecular weight excluding hydrogens is 302 g/mol. The Labute approximate surface area is 135 Å². The van der Waals surface area contributed by atoms with Crippen LogP contribution in [0.2, 0.25) is 0 Å². The highest BCUT2D eigenvalue weighted by Crippen LogP contribution is 2.35. The van der Waals surface area contributed by atoms with Crippen molar-refractivity contribution in [1.29, 1.82) is 0 Å². The monoisotopic (exact) mass is 326 g/mol. The molecule has 2 atom stereocenters. The molecule has 1 rings (SSSR count). The van der Waals surface area contributed by atoms with Crippen LogP contribution in [0.1, 0.15) is 32.8 Å². The predicted molar refractivity (Wildman–Crippen MR) is 84.4 cm³/mol. The first-order chi connectivity index (χ1) is 10.6. The van der Waals surface area contributed by atoms with Gasteiger partial charge in [0.05, 0.1) is 11.8 Å². The maximum Gasteiger partial charge on any atom is 0.224 e. The van der Waals surface area contributed by atoms with Crippen LogP contribution in [0.4, 0.5) is 8.78 Å². The lowest BCUT2D eigenvalue weighted by Gasteiger charge is -2.34. The van der Waals surface area contributed by atoms with Crippen LogP contribution in [0.15, 0.2) is 18.2 Å². The first-order valence-corrected chi connectivity index (χ1v) is 7.52. The summed E-state index contributed by atoms with van der Waals surface area (Å²) in [5, 5.41) is 2.56. The molecule has 0 heterocycles. The van der Waals surface area contributed by atoms with Crippen LogP contribution >= 0.6 is 0 Å². The molecule has 128 valence electrons. The molecule has 0 aliphatic rings. The van der Waals surface area contributed by atoms with E-state index in [0.717, 1.165) is 6.07 Å². The lowest BCUT2D eigenvalue weighted by Crippen LogP contribution is -2.45. The highest BCUT2D eigenvalue weighted by atomic mass is 19.1. The molecule has 4 nitrogen and oxygen atoms in total. The van der Waals surface area contributed by atoms with Crippen LogP contribution in [-0.4, -0.2) is 18.9 Å². The lowest BCUT2D eigenvalue weighted by molar-refractivity contribution is -0.137. The number of halogens is 2. The molecule has 0 spiro atoms. The Morgan fingerprint density at radius 3 is 2.09 bits per heavy atom. The molecule has 0 aliphatic carbocycles. The minimum Gasteiger partial charge on any atom is -0.369 e.